The number of phenols is 1. The third kappa shape index (κ3) is 3.07. The zero-order valence-electron chi connectivity index (χ0n) is 13.8. The lowest BCUT2D eigenvalue weighted by Gasteiger charge is -2.37. The topological polar surface area (TPSA) is 66.6 Å². The van der Waals surface area contributed by atoms with Gasteiger partial charge in [0.25, 0.3) is 5.91 Å². The molecule has 1 aliphatic heterocycles. The maximum Gasteiger partial charge on any atom is 0.257 e. The molecule has 3 N–H and O–H groups in total. The lowest BCUT2D eigenvalue weighted by molar-refractivity contribution is 0.0715. The van der Waals surface area contributed by atoms with Crippen LogP contribution in [-0.2, 0) is 6.54 Å². The Morgan fingerprint density at radius 1 is 1.30 bits per heavy atom. The van der Waals surface area contributed by atoms with E-state index in [0.717, 1.165) is 25.7 Å². The van der Waals surface area contributed by atoms with Crippen LogP contribution >= 0.6 is 0 Å². The first-order chi connectivity index (χ1) is 10.8. The number of aromatic hydroxyl groups is 1. The van der Waals surface area contributed by atoms with Crippen LogP contribution in [0.15, 0.2) is 12.1 Å². The molecule has 0 aromatic heterocycles. The van der Waals surface area contributed by atoms with E-state index in [2.05, 4.69) is 13.8 Å². The summed E-state index contributed by atoms with van der Waals surface area (Å²) in [5.41, 5.74) is 6.76. The Morgan fingerprint density at radius 2 is 1.96 bits per heavy atom. The summed E-state index contributed by atoms with van der Waals surface area (Å²) in [5, 5.41) is 9.46. The molecule has 1 fully saturated rings. The number of phenolic OH excluding ortho intramolecular Hbond substituents is 1. The predicted molar refractivity (Wildman–Crippen MR) is 86.5 cm³/mol. The first kappa shape index (κ1) is 16.2. The molecule has 23 heavy (non-hydrogen) atoms. The van der Waals surface area contributed by atoms with Crippen LogP contribution in [0.25, 0.3) is 0 Å². The molecule has 0 saturated heterocycles. The number of hydrogen-bond acceptors (Lipinski definition) is 3. The fourth-order valence-corrected chi connectivity index (χ4v) is 3.95. The van der Waals surface area contributed by atoms with Gasteiger partial charge in [0.15, 0.2) is 11.6 Å². The zero-order chi connectivity index (χ0) is 16.8. The van der Waals surface area contributed by atoms with Gasteiger partial charge in [0.1, 0.15) is 0 Å². The Hall–Kier alpha value is -1.62. The number of benzene rings is 1. The van der Waals surface area contributed by atoms with E-state index in [-0.39, 0.29) is 17.0 Å². The first-order valence-electron chi connectivity index (χ1n) is 8.36. The van der Waals surface area contributed by atoms with Crippen molar-refractivity contribution in [2.24, 2.45) is 17.6 Å². The minimum absolute atomic E-state index is 0.0433. The summed E-state index contributed by atoms with van der Waals surface area (Å²) in [5.74, 6) is -0.564. The number of hydrogen-bond donors (Lipinski definition) is 2. The second kappa shape index (κ2) is 5.78. The summed E-state index contributed by atoms with van der Waals surface area (Å²) in [6, 6.07) is 2.96. The maximum absolute atomic E-state index is 14.0. The van der Waals surface area contributed by atoms with Crippen LogP contribution in [0.3, 0.4) is 0 Å². The van der Waals surface area contributed by atoms with Crippen molar-refractivity contribution in [2.45, 2.75) is 51.6 Å². The number of halogens is 1. The van der Waals surface area contributed by atoms with Gasteiger partial charge in [-0.1, -0.05) is 6.07 Å². The summed E-state index contributed by atoms with van der Waals surface area (Å²) < 4.78 is 14.0. The van der Waals surface area contributed by atoms with Crippen LogP contribution in [0.5, 0.6) is 5.75 Å². The minimum atomic E-state index is -0.788. The van der Waals surface area contributed by atoms with Crippen molar-refractivity contribution in [1.82, 2.24) is 4.90 Å². The highest BCUT2D eigenvalue weighted by Gasteiger charge is 2.35. The number of nitrogens with zero attached hydrogens (tertiary/aromatic N) is 1. The summed E-state index contributed by atoms with van der Waals surface area (Å²) in [4.78, 5) is 14.1. The molecule has 1 aromatic rings. The average Bonchev–Trinajstić information content (AvgIpc) is 2.80. The normalized spacial score (nSPS) is 24.9. The number of carbonyl (C=O) groups excluding carboxylic acids is 1. The Morgan fingerprint density at radius 3 is 2.57 bits per heavy atom. The molecular formula is C18H25FN2O2. The van der Waals surface area contributed by atoms with Crippen molar-refractivity contribution in [3.63, 3.8) is 0 Å². The van der Waals surface area contributed by atoms with Gasteiger partial charge in [0.05, 0.1) is 5.56 Å². The SMILES string of the molecule is CC(C)(N)[C@H]1CC[C@H](CN2Cc3ccc(O)c(F)c3C2=O)CC1. The van der Waals surface area contributed by atoms with Gasteiger partial charge < -0.3 is 15.7 Å². The van der Waals surface area contributed by atoms with E-state index < -0.39 is 11.6 Å². The number of amides is 1. The highest BCUT2D eigenvalue weighted by Crippen LogP contribution is 2.36. The van der Waals surface area contributed by atoms with Gasteiger partial charge >= 0.3 is 0 Å². The second-order valence-electron chi connectivity index (χ2n) is 7.66. The van der Waals surface area contributed by atoms with Gasteiger partial charge in [-0.2, -0.15) is 0 Å². The molecule has 1 aliphatic carbocycles. The third-order valence-electron chi connectivity index (χ3n) is 5.45. The van der Waals surface area contributed by atoms with E-state index in [1.807, 2.05) is 0 Å². The van der Waals surface area contributed by atoms with Gasteiger partial charge in [0.2, 0.25) is 0 Å². The summed E-state index contributed by atoms with van der Waals surface area (Å²) >= 11 is 0. The molecule has 1 saturated carbocycles. The van der Waals surface area contributed by atoms with E-state index in [0.29, 0.717) is 30.5 Å². The van der Waals surface area contributed by atoms with Crippen molar-refractivity contribution in [3.05, 3.63) is 29.1 Å². The smallest absolute Gasteiger partial charge is 0.257 e. The van der Waals surface area contributed by atoms with Crippen molar-refractivity contribution in [1.29, 1.82) is 0 Å². The van der Waals surface area contributed by atoms with E-state index in [9.17, 15) is 14.3 Å². The Bertz CT molecular complexity index is 616. The average molecular weight is 320 g/mol. The molecule has 0 bridgehead atoms. The van der Waals surface area contributed by atoms with Crippen molar-refractivity contribution in [2.75, 3.05) is 6.54 Å². The molecule has 1 amide bonds. The van der Waals surface area contributed by atoms with Crippen LogP contribution in [0.2, 0.25) is 0 Å². The molecule has 1 aromatic carbocycles. The number of nitrogens with two attached hydrogens (primary N) is 1. The molecule has 0 radical (unpaired) electrons. The largest absolute Gasteiger partial charge is 0.505 e. The van der Waals surface area contributed by atoms with E-state index in [1.165, 1.54) is 6.07 Å². The van der Waals surface area contributed by atoms with Crippen LogP contribution in [0.1, 0.15) is 55.5 Å². The molecule has 0 atom stereocenters. The van der Waals surface area contributed by atoms with Crippen LogP contribution in [0, 0.1) is 17.7 Å². The van der Waals surface area contributed by atoms with Crippen LogP contribution < -0.4 is 5.73 Å². The van der Waals surface area contributed by atoms with E-state index in [4.69, 9.17) is 5.73 Å². The Balaban J connectivity index is 1.63. The highest BCUT2D eigenvalue weighted by atomic mass is 19.1. The maximum atomic E-state index is 14.0. The fourth-order valence-electron chi connectivity index (χ4n) is 3.95. The fraction of sp³-hybridized carbons (Fsp3) is 0.611. The highest BCUT2D eigenvalue weighted by molar-refractivity contribution is 5.99. The lowest BCUT2D eigenvalue weighted by atomic mass is 9.73. The second-order valence-corrected chi connectivity index (χ2v) is 7.66. The minimum Gasteiger partial charge on any atom is -0.505 e. The number of fused-ring (bicyclic) bond motifs is 1. The number of carbonyl (C=O) groups is 1. The first-order valence-corrected chi connectivity index (χ1v) is 8.36. The summed E-state index contributed by atoms with van der Waals surface area (Å²) in [7, 11) is 0. The molecule has 0 unspecified atom stereocenters. The summed E-state index contributed by atoms with van der Waals surface area (Å²) in [6.45, 7) is 5.25. The van der Waals surface area contributed by atoms with Gasteiger partial charge in [0, 0.05) is 18.6 Å². The molecule has 3 rings (SSSR count). The Labute approximate surface area is 136 Å². The van der Waals surface area contributed by atoms with Gasteiger partial charge in [-0.25, -0.2) is 4.39 Å². The van der Waals surface area contributed by atoms with Crippen LogP contribution in [0.4, 0.5) is 4.39 Å². The lowest BCUT2D eigenvalue weighted by Crippen LogP contribution is -2.43. The molecule has 5 heteroatoms. The predicted octanol–water partition coefficient (Wildman–Crippen LogP) is 3.03. The van der Waals surface area contributed by atoms with Crippen LogP contribution in [-0.4, -0.2) is 28.0 Å². The third-order valence-corrected chi connectivity index (χ3v) is 5.45. The Kier molecular flexibility index (Phi) is 4.08. The van der Waals surface area contributed by atoms with E-state index >= 15 is 0 Å². The molecular weight excluding hydrogens is 295 g/mol. The van der Waals surface area contributed by atoms with Gasteiger partial charge in [-0.05, 0) is 63.0 Å². The van der Waals surface area contributed by atoms with Crippen molar-refractivity contribution in [3.8, 4) is 5.75 Å². The molecule has 1 heterocycles. The van der Waals surface area contributed by atoms with E-state index in [1.54, 1.807) is 11.0 Å². The standard InChI is InChI=1S/C18H25FN2O2/c1-18(2,20)13-6-3-11(4-7-13)9-21-10-12-5-8-14(22)16(19)15(12)17(21)23/h5,8,11,13,22H,3-4,6-7,9-10,20H2,1-2H3/t11-,13-. The van der Waals surface area contributed by atoms with Crippen molar-refractivity contribution >= 4 is 5.91 Å². The monoisotopic (exact) mass is 320 g/mol. The molecule has 0 spiro atoms. The molecule has 4 nitrogen and oxygen atoms in total. The zero-order valence-corrected chi connectivity index (χ0v) is 13.8. The number of rotatable bonds is 3. The van der Waals surface area contributed by atoms with Gasteiger partial charge in [-0.3, -0.25) is 4.79 Å². The molecule has 2 aliphatic rings. The van der Waals surface area contributed by atoms with Crippen molar-refractivity contribution < 1.29 is 14.3 Å². The summed E-state index contributed by atoms with van der Waals surface area (Å²) in [6.07, 6.45) is 4.27. The van der Waals surface area contributed by atoms with Gasteiger partial charge in [-0.15, -0.1) is 0 Å². The molecule has 126 valence electrons. The quantitative estimate of drug-likeness (QED) is 0.899.